The summed E-state index contributed by atoms with van der Waals surface area (Å²) in [6.07, 6.45) is 2.50. The highest BCUT2D eigenvalue weighted by Crippen LogP contribution is 2.55. The van der Waals surface area contributed by atoms with Gasteiger partial charge < -0.3 is 5.32 Å². The Bertz CT molecular complexity index is 1410. The smallest absolute Gasteiger partial charge is 0.261 e. The van der Waals surface area contributed by atoms with Crippen LogP contribution in [0.5, 0.6) is 0 Å². The maximum absolute atomic E-state index is 12.8. The van der Waals surface area contributed by atoms with Crippen LogP contribution in [0.1, 0.15) is 46.1 Å². The number of aromatic nitrogens is 2. The van der Waals surface area contributed by atoms with Crippen molar-refractivity contribution in [2.75, 3.05) is 6.54 Å². The van der Waals surface area contributed by atoms with Gasteiger partial charge in [-0.25, -0.2) is 4.98 Å². The lowest BCUT2D eigenvalue weighted by molar-refractivity contribution is -0.122. The molecular formula is C28H25N3O2. The van der Waals surface area contributed by atoms with Crippen LogP contribution < -0.4 is 10.9 Å². The summed E-state index contributed by atoms with van der Waals surface area (Å²) >= 11 is 0. The molecule has 1 heterocycles. The Morgan fingerprint density at radius 2 is 1.64 bits per heavy atom. The Kier molecular flexibility index (Phi) is 4.64. The molecule has 4 aromatic rings. The van der Waals surface area contributed by atoms with E-state index < -0.39 is 0 Å². The fraction of sp³-hybridized carbons (Fsp3) is 0.250. The van der Waals surface area contributed by atoms with Crippen LogP contribution in [0.4, 0.5) is 0 Å². The number of rotatable bonds is 4. The van der Waals surface area contributed by atoms with E-state index in [1.165, 1.54) is 33.1 Å². The highest BCUT2D eigenvalue weighted by atomic mass is 16.2. The molecule has 5 heteroatoms. The summed E-state index contributed by atoms with van der Waals surface area (Å²) in [5, 5.41) is 3.65. The van der Waals surface area contributed by atoms with E-state index in [2.05, 4.69) is 58.8 Å². The number of nitrogens with zero attached hydrogens (tertiary/aromatic N) is 2. The number of hydrogen-bond donors (Lipinski definition) is 1. The molecule has 0 saturated carbocycles. The van der Waals surface area contributed by atoms with E-state index in [1.54, 1.807) is 6.07 Å². The van der Waals surface area contributed by atoms with Crippen LogP contribution in [-0.4, -0.2) is 22.0 Å². The molecule has 1 aromatic heterocycles. The van der Waals surface area contributed by atoms with Crippen LogP contribution in [0.2, 0.25) is 0 Å². The second kappa shape index (κ2) is 7.69. The van der Waals surface area contributed by atoms with Crippen molar-refractivity contribution in [2.24, 2.45) is 5.92 Å². The zero-order chi connectivity index (χ0) is 22.5. The molecule has 1 amide bonds. The molecule has 3 aliphatic rings. The molecule has 0 saturated heterocycles. The summed E-state index contributed by atoms with van der Waals surface area (Å²) in [6.45, 7) is 2.50. The summed E-state index contributed by atoms with van der Waals surface area (Å²) in [5.41, 5.74) is 7.08. The standard InChI is InChI=1S/C28H25N3O2/c1-17-7-6-12-23-27(17)30-16-31(28(23)33)15-25(32)29-14-18-13-24-19-8-2-4-10-21(19)26(18)22-11-5-3-9-20(22)24/h2-12,16,18,24,26H,13-15H2,1H3,(H,29,32). The molecule has 0 radical (unpaired) electrons. The molecule has 33 heavy (non-hydrogen) atoms. The van der Waals surface area contributed by atoms with Gasteiger partial charge in [-0.3, -0.25) is 14.2 Å². The number of nitrogens with one attached hydrogen (secondary N) is 1. The van der Waals surface area contributed by atoms with Gasteiger partial charge in [0.2, 0.25) is 5.91 Å². The summed E-state index contributed by atoms with van der Waals surface area (Å²) in [5.74, 6) is 0.836. The molecule has 7 rings (SSSR count). The number of para-hydroxylation sites is 1. The first-order valence-electron chi connectivity index (χ1n) is 11.5. The van der Waals surface area contributed by atoms with Gasteiger partial charge in [-0.05, 0) is 53.1 Å². The zero-order valence-corrected chi connectivity index (χ0v) is 18.5. The Balaban J connectivity index is 1.22. The molecule has 3 aliphatic carbocycles. The van der Waals surface area contributed by atoms with E-state index in [4.69, 9.17) is 0 Å². The molecule has 1 atom stereocenters. The van der Waals surface area contributed by atoms with Crippen LogP contribution in [0.25, 0.3) is 10.9 Å². The molecule has 0 spiro atoms. The van der Waals surface area contributed by atoms with Gasteiger partial charge in [0.25, 0.3) is 5.56 Å². The summed E-state index contributed by atoms with van der Waals surface area (Å²) in [7, 11) is 0. The normalized spacial score (nSPS) is 20.3. The number of amides is 1. The van der Waals surface area contributed by atoms with E-state index in [0.717, 1.165) is 12.0 Å². The third-order valence-electron chi connectivity index (χ3n) is 7.35. The first-order chi connectivity index (χ1) is 16.1. The summed E-state index contributed by atoms with van der Waals surface area (Å²) in [4.78, 5) is 30.1. The second-order valence-corrected chi connectivity index (χ2v) is 9.24. The average molecular weight is 436 g/mol. The van der Waals surface area contributed by atoms with Crippen molar-refractivity contribution >= 4 is 16.8 Å². The van der Waals surface area contributed by atoms with E-state index in [9.17, 15) is 9.59 Å². The van der Waals surface area contributed by atoms with Gasteiger partial charge in [0, 0.05) is 18.4 Å². The monoisotopic (exact) mass is 435 g/mol. The molecule has 1 N–H and O–H groups in total. The lowest BCUT2D eigenvalue weighted by Gasteiger charge is -2.45. The van der Waals surface area contributed by atoms with Crippen molar-refractivity contribution in [3.8, 4) is 0 Å². The number of carbonyl (C=O) groups excluding carboxylic acids is 1. The van der Waals surface area contributed by atoms with Crippen molar-refractivity contribution in [3.05, 3.63) is 111 Å². The molecule has 1 unspecified atom stereocenters. The third kappa shape index (κ3) is 3.18. The van der Waals surface area contributed by atoms with Crippen LogP contribution in [0.15, 0.2) is 77.9 Å². The van der Waals surface area contributed by atoms with Crippen molar-refractivity contribution in [1.29, 1.82) is 0 Å². The maximum atomic E-state index is 12.8. The van der Waals surface area contributed by atoms with Crippen molar-refractivity contribution in [1.82, 2.24) is 14.9 Å². The fourth-order valence-electron chi connectivity index (χ4n) is 5.87. The van der Waals surface area contributed by atoms with Gasteiger partial charge in [-0.15, -0.1) is 0 Å². The van der Waals surface area contributed by atoms with Crippen LogP contribution >= 0.6 is 0 Å². The molecule has 3 aromatic carbocycles. The number of carbonyl (C=O) groups is 1. The van der Waals surface area contributed by atoms with Gasteiger partial charge >= 0.3 is 0 Å². The lowest BCUT2D eigenvalue weighted by Crippen LogP contribution is -2.41. The maximum Gasteiger partial charge on any atom is 0.261 e. The predicted octanol–water partition coefficient (Wildman–Crippen LogP) is 4.12. The van der Waals surface area contributed by atoms with Crippen molar-refractivity contribution in [2.45, 2.75) is 31.7 Å². The highest BCUT2D eigenvalue weighted by molar-refractivity contribution is 5.81. The number of fused-ring (bicyclic) bond motifs is 2. The Morgan fingerprint density at radius 3 is 2.33 bits per heavy atom. The Labute approximate surface area is 192 Å². The molecule has 0 aliphatic heterocycles. The highest BCUT2D eigenvalue weighted by Gasteiger charge is 2.42. The summed E-state index contributed by atoms with van der Waals surface area (Å²) < 4.78 is 1.40. The SMILES string of the molecule is Cc1cccc2c(=O)n(CC(=O)NCC3CC4c5ccccc5C3c3ccccc34)cnc12. The first kappa shape index (κ1) is 19.9. The van der Waals surface area contributed by atoms with Gasteiger partial charge in [0.1, 0.15) is 6.54 Å². The topological polar surface area (TPSA) is 64.0 Å². The van der Waals surface area contributed by atoms with Crippen LogP contribution in [0.3, 0.4) is 0 Å². The van der Waals surface area contributed by atoms with Gasteiger partial charge in [-0.2, -0.15) is 0 Å². The Hall–Kier alpha value is -3.73. The average Bonchev–Trinajstić information content (AvgIpc) is 2.85. The van der Waals surface area contributed by atoms with E-state index in [-0.39, 0.29) is 23.9 Å². The predicted molar refractivity (Wildman–Crippen MR) is 128 cm³/mol. The van der Waals surface area contributed by atoms with E-state index in [0.29, 0.717) is 29.3 Å². The first-order valence-corrected chi connectivity index (χ1v) is 11.5. The van der Waals surface area contributed by atoms with E-state index in [1.807, 2.05) is 19.1 Å². The van der Waals surface area contributed by atoms with Gasteiger partial charge in [0.05, 0.1) is 17.2 Å². The minimum atomic E-state index is -0.182. The van der Waals surface area contributed by atoms with Crippen LogP contribution in [-0.2, 0) is 11.3 Å². The Morgan fingerprint density at radius 1 is 0.970 bits per heavy atom. The lowest BCUT2D eigenvalue weighted by atomic mass is 9.59. The molecule has 2 bridgehead atoms. The molecule has 164 valence electrons. The quantitative estimate of drug-likeness (QED) is 0.525. The third-order valence-corrected chi connectivity index (χ3v) is 7.35. The van der Waals surface area contributed by atoms with E-state index >= 15 is 0 Å². The van der Waals surface area contributed by atoms with Crippen LogP contribution in [0, 0.1) is 12.8 Å². The second-order valence-electron chi connectivity index (χ2n) is 9.24. The molecule has 5 nitrogen and oxygen atoms in total. The summed E-state index contributed by atoms with van der Waals surface area (Å²) in [6, 6.07) is 23.0. The number of benzene rings is 3. The molecular weight excluding hydrogens is 410 g/mol. The minimum Gasteiger partial charge on any atom is -0.354 e. The van der Waals surface area contributed by atoms with Gasteiger partial charge in [0.15, 0.2) is 0 Å². The fourth-order valence-corrected chi connectivity index (χ4v) is 5.87. The van der Waals surface area contributed by atoms with Crippen molar-refractivity contribution in [3.63, 3.8) is 0 Å². The van der Waals surface area contributed by atoms with Crippen molar-refractivity contribution < 1.29 is 4.79 Å². The molecule has 0 fully saturated rings. The zero-order valence-electron chi connectivity index (χ0n) is 18.5. The number of aryl methyl sites for hydroxylation is 1. The number of hydrogen-bond acceptors (Lipinski definition) is 3. The largest absolute Gasteiger partial charge is 0.354 e. The minimum absolute atomic E-state index is 0.0241. The van der Waals surface area contributed by atoms with Gasteiger partial charge in [-0.1, -0.05) is 60.7 Å².